The molecule has 0 fully saturated rings. The number of carbonyl (C=O) groups excluding carboxylic acids is 5. The zero-order valence-corrected chi connectivity index (χ0v) is 20.2. The van der Waals surface area contributed by atoms with E-state index in [-0.39, 0.29) is 19.3 Å². The third-order valence-electron chi connectivity index (χ3n) is 5.53. The van der Waals surface area contributed by atoms with E-state index >= 15 is 0 Å². The summed E-state index contributed by atoms with van der Waals surface area (Å²) >= 11 is 0. The first-order valence-electron chi connectivity index (χ1n) is 11.4. The predicted molar refractivity (Wildman–Crippen MR) is 131 cm³/mol. The molecule has 5 amide bonds. The Kier molecular flexibility index (Phi) is 10.1. The molecule has 2 aromatic rings. The van der Waals surface area contributed by atoms with Gasteiger partial charge in [-0.1, -0.05) is 18.2 Å². The van der Waals surface area contributed by atoms with Crippen molar-refractivity contribution >= 4 is 46.4 Å². The van der Waals surface area contributed by atoms with Crippen molar-refractivity contribution in [1.29, 1.82) is 0 Å². The first-order chi connectivity index (χ1) is 17.4. The molecule has 0 radical (unpaired) electrons. The Bertz CT molecular complexity index is 1180. The van der Waals surface area contributed by atoms with Gasteiger partial charge in [0, 0.05) is 23.5 Å². The van der Waals surface area contributed by atoms with Crippen molar-refractivity contribution in [2.24, 2.45) is 17.2 Å². The number of amides is 5. The number of para-hydroxylation sites is 1. The number of hydrogen-bond acceptors (Lipinski definition) is 7. The maximum Gasteiger partial charge on any atom is 0.325 e. The van der Waals surface area contributed by atoms with E-state index in [0.717, 1.165) is 16.5 Å². The number of nitrogens with two attached hydrogens (primary N) is 3. The van der Waals surface area contributed by atoms with Gasteiger partial charge in [0.2, 0.25) is 29.5 Å². The summed E-state index contributed by atoms with van der Waals surface area (Å²) < 4.78 is 0. The van der Waals surface area contributed by atoms with Crippen LogP contribution in [-0.4, -0.2) is 69.8 Å². The van der Waals surface area contributed by atoms with Gasteiger partial charge in [-0.15, -0.1) is 0 Å². The monoisotopic (exact) mass is 517 g/mol. The maximum absolute atomic E-state index is 12.9. The lowest BCUT2D eigenvalue weighted by Gasteiger charge is -2.24. The van der Waals surface area contributed by atoms with Crippen LogP contribution in [0.2, 0.25) is 0 Å². The van der Waals surface area contributed by atoms with Crippen LogP contribution in [0, 0.1) is 0 Å². The molecule has 14 nitrogen and oxygen atoms in total. The maximum atomic E-state index is 12.9. The fourth-order valence-electron chi connectivity index (χ4n) is 3.52. The molecule has 0 bridgehead atoms. The van der Waals surface area contributed by atoms with Gasteiger partial charge in [0.05, 0.1) is 12.5 Å². The number of carboxylic acids is 1. The molecule has 37 heavy (non-hydrogen) atoms. The van der Waals surface area contributed by atoms with Crippen LogP contribution < -0.4 is 33.2 Å². The molecule has 0 spiro atoms. The number of primary amides is 2. The minimum atomic E-state index is -1.49. The molecule has 1 aromatic heterocycles. The SMILES string of the molecule is CC(NC(=O)C(CCC(N)=O)NC(=O)C(CC(N)=O)NC(=O)C(N)Cc1c[nH]c2ccccc12)C(=O)O. The van der Waals surface area contributed by atoms with Gasteiger partial charge in [-0.2, -0.15) is 0 Å². The molecular formula is C23H31N7O7. The standard InChI is InChI=1S/C23H31N7O7/c1-11(23(36)37)28-21(34)16(6-7-18(25)31)29-22(35)17(9-19(26)32)30-20(33)14(24)8-12-10-27-15-5-3-2-4-13(12)15/h2-5,10-11,14,16-17,27H,6-9,24H2,1H3,(H2,25,31)(H2,26,32)(H,28,34)(H,29,35)(H,30,33)(H,36,37). The number of aliphatic carboxylic acids is 1. The van der Waals surface area contributed by atoms with Gasteiger partial charge in [-0.25, -0.2) is 0 Å². The smallest absolute Gasteiger partial charge is 0.325 e. The lowest BCUT2D eigenvalue weighted by Crippen LogP contribution is -2.57. The first kappa shape index (κ1) is 28.8. The summed E-state index contributed by atoms with van der Waals surface area (Å²) in [4.78, 5) is 75.1. The zero-order chi connectivity index (χ0) is 27.7. The van der Waals surface area contributed by atoms with E-state index in [1.54, 1.807) is 6.20 Å². The summed E-state index contributed by atoms with van der Waals surface area (Å²) in [5.41, 5.74) is 18.0. The highest BCUT2D eigenvalue weighted by Crippen LogP contribution is 2.18. The number of rotatable bonds is 14. The molecule has 0 aliphatic rings. The number of carboxylic acid groups (broad SMARTS) is 1. The summed E-state index contributed by atoms with van der Waals surface area (Å²) in [7, 11) is 0. The topological polar surface area (TPSA) is 253 Å². The second kappa shape index (κ2) is 13.0. The highest BCUT2D eigenvalue weighted by atomic mass is 16.4. The summed E-state index contributed by atoms with van der Waals surface area (Å²) in [6.07, 6.45) is 0.675. The largest absolute Gasteiger partial charge is 0.480 e. The number of aromatic amines is 1. The minimum absolute atomic E-state index is 0.122. The van der Waals surface area contributed by atoms with Crippen molar-refractivity contribution in [3.05, 3.63) is 36.0 Å². The molecule has 4 unspecified atom stereocenters. The van der Waals surface area contributed by atoms with Crippen LogP contribution >= 0.6 is 0 Å². The molecule has 0 saturated heterocycles. The number of H-pyrrole nitrogens is 1. The number of nitrogens with one attached hydrogen (secondary N) is 4. The van der Waals surface area contributed by atoms with Crippen LogP contribution in [0.4, 0.5) is 0 Å². The van der Waals surface area contributed by atoms with Crippen molar-refractivity contribution in [2.45, 2.75) is 56.8 Å². The normalized spacial score (nSPS) is 14.1. The van der Waals surface area contributed by atoms with E-state index in [9.17, 15) is 28.8 Å². The Morgan fingerprint density at radius 3 is 2.16 bits per heavy atom. The van der Waals surface area contributed by atoms with Gasteiger partial charge in [0.15, 0.2) is 0 Å². The van der Waals surface area contributed by atoms with E-state index < -0.39 is 66.1 Å². The molecule has 14 heteroatoms. The lowest BCUT2D eigenvalue weighted by molar-refractivity contribution is -0.142. The number of hydrogen-bond donors (Lipinski definition) is 8. The first-order valence-corrected chi connectivity index (χ1v) is 11.4. The fourth-order valence-corrected chi connectivity index (χ4v) is 3.52. The third kappa shape index (κ3) is 8.61. The summed E-state index contributed by atoms with van der Waals surface area (Å²) in [6.45, 7) is 1.21. The molecule has 0 aliphatic heterocycles. The Morgan fingerprint density at radius 1 is 0.919 bits per heavy atom. The second-order valence-corrected chi connectivity index (χ2v) is 8.54. The molecule has 1 aromatic carbocycles. The Morgan fingerprint density at radius 2 is 1.54 bits per heavy atom. The Labute approximate surface area is 211 Å². The number of carbonyl (C=O) groups is 6. The average molecular weight is 518 g/mol. The lowest BCUT2D eigenvalue weighted by atomic mass is 10.0. The molecule has 200 valence electrons. The molecular weight excluding hydrogens is 486 g/mol. The number of fused-ring (bicyclic) bond motifs is 1. The van der Waals surface area contributed by atoms with Gasteiger partial charge in [-0.05, 0) is 31.4 Å². The molecule has 1 heterocycles. The molecule has 2 rings (SSSR count). The summed E-state index contributed by atoms with van der Waals surface area (Å²) in [6, 6.07) is 2.16. The van der Waals surface area contributed by atoms with Gasteiger partial charge in [-0.3, -0.25) is 28.8 Å². The number of aromatic nitrogens is 1. The van der Waals surface area contributed by atoms with Crippen LogP contribution in [-0.2, 0) is 35.2 Å². The average Bonchev–Trinajstić information content (AvgIpc) is 3.23. The van der Waals surface area contributed by atoms with Crippen molar-refractivity contribution in [3.8, 4) is 0 Å². The molecule has 0 saturated carbocycles. The predicted octanol–water partition coefficient (Wildman–Crippen LogP) is -2.26. The highest BCUT2D eigenvalue weighted by Gasteiger charge is 2.30. The van der Waals surface area contributed by atoms with Crippen LogP contribution in [0.25, 0.3) is 10.9 Å². The minimum Gasteiger partial charge on any atom is -0.480 e. The van der Waals surface area contributed by atoms with Crippen LogP contribution in [0.5, 0.6) is 0 Å². The van der Waals surface area contributed by atoms with Crippen molar-refractivity contribution < 1.29 is 33.9 Å². The zero-order valence-electron chi connectivity index (χ0n) is 20.2. The quantitative estimate of drug-likeness (QED) is 0.135. The van der Waals surface area contributed by atoms with Crippen molar-refractivity contribution in [2.75, 3.05) is 0 Å². The summed E-state index contributed by atoms with van der Waals surface area (Å²) in [5.74, 6) is -5.60. The fraction of sp³-hybridized carbons (Fsp3) is 0.391. The Balaban J connectivity index is 2.12. The van der Waals surface area contributed by atoms with Crippen LogP contribution in [0.3, 0.4) is 0 Å². The van der Waals surface area contributed by atoms with Crippen LogP contribution in [0.1, 0.15) is 31.7 Å². The van der Waals surface area contributed by atoms with E-state index in [0.29, 0.717) is 0 Å². The van der Waals surface area contributed by atoms with Gasteiger partial charge in [0.25, 0.3) is 0 Å². The van der Waals surface area contributed by atoms with E-state index in [1.807, 2.05) is 24.3 Å². The molecule has 0 aliphatic carbocycles. The Hall–Kier alpha value is -4.46. The van der Waals surface area contributed by atoms with Gasteiger partial charge in [0.1, 0.15) is 18.1 Å². The van der Waals surface area contributed by atoms with E-state index in [1.165, 1.54) is 6.92 Å². The third-order valence-corrected chi connectivity index (χ3v) is 5.53. The van der Waals surface area contributed by atoms with Crippen LogP contribution in [0.15, 0.2) is 30.5 Å². The molecule has 11 N–H and O–H groups in total. The number of benzene rings is 1. The van der Waals surface area contributed by atoms with Crippen molar-refractivity contribution in [1.82, 2.24) is 20.9 Å². The highest BCUT2D eigenvalue weighted by molar-refractivity contribution is 5.96. The van der Waals surface area contributed by atoms with E-state index in [4.69, 9.17) is 22.3 Å². The summed E-state index contributed by atoms with van der Waals surface area (Å²) in [5, 5.41) is 16.8. The van der Waals surface area contributed by atoms with E-state index in [2.05, 4.69) is 20.9 Å². The van der Waals surface area contributed by atoms with Gasteiger partial charge >= 0.3 is 5.97 Å². The second-order valence-electron chi connectivity index (χ2n) is 8.54. The van der Waals surface area contributed by atoms with Crippen molar-refractivity contribution in [3.63, 3.8) is 0 Å². The molecule has 4 atom stereocenters. The van der Waals surface area contributed by atoms with Gasteiger partial charge < -0.3 is 43.2 Å².